The Labute approximate surface area is 128 Å². The molecular weight excluding hydrogens is 282 g/mol. The second-order valence-corrected chi connectivity index (χ2v) is 6.72. The third-order valence-corrected chi connectivity index (χ3v) is 5.29. The Balaban J connectivity index is 1.85. The van der Waals surface area contributed by atoms with Crippen molar-refractivity contribution in [2.75, 3.05) is 6.54 Å². The first kappa shape index (κ1) is 13.8. The Morgan fingerprint density at radius 2 is 2.05 bits per heavy atom. The number of hydrogen-bond donors (Lipinski definition) is 1. The van der Waals surface area contributed by atoms with E-state index in [4.69, 9.17) is 0 Å². The highest BCUT2D eigenvalue weighted by atomic mass is 32.1. The van der Waals surface area contributed by atoms with E-state index in [1.165, 1.54) is 27.6 Å². The van der Waals surface area contributed by atoms with Gasteiger partial charge in [-0.2, -0.15) is 11.3 Å². The molecule has 20 heavy (non-hydrogen) atoms. The van der Waals surface area contributed by atoms with Crippen molar-refractivity contribution in [3.8, 4) is 0 Å². The first-order chi connectivity index (χ1) is 9.88. The lowest BCUT2D eigenvalue weighted by atomic mass is 10.0. The van der Waals surface area contributed by atoms with Gasteiger partial charge in [0.1, 0.15) is 0 Å². The van der Waals surface area contributed by atoms with E-state index in [9.17, 15) is 0 Å². The second kappa shape index (κ2) is 6.53. The Morgan fingerprint density at radius 3 is 2.85 bits per heavy atom. The summed E-state index contributed by atoms with van der Waals surface area (Å²) in [6.45, 7) is 3.29. The predicted octanol–water partition coefficient (Wildman–Crippen LogP) is 5.25. The Morgan fingerprint density at radius 1 is 1.15 bits per heavy atom. The van der Waals surface area contributed by atoms with Crippen LogP contribution in [0.3, 0.4) is 0 Å². The zero-order chi connectivity index (χ0) is 13.8. The summed E-state index contributed by atoms with van der Waals surface area (Å²) >= 11 is 3.63. The topological polar surface area (TPSA) is 12.0 Å². The SMILES string of the molecule is CCCNC(Cc1csc2ccccc12)c1ccsc1. The van der Waals surface area contributed by atoms with Crippen LogP contribution >= 0.6 is 22.7 Å². The number of nitrogens with one attached hydrogen (secondary N) is 1. The zero-order valence-corrected chi connectivity index (χ0v) is 13.3. The molecule has 0 saturated carbocycles. The standard InChI is InChI=1S/C17H19NS2/c1-2-8-18-16(13-7-9-19-11-13)10-14-12-20-17-6-4-3-5-15(14)17/h3-7,9,11-12,16,18H,2,8,10H2,1H3. The average molecular weight is 301 g/mol. The summed E-state index contributed by atoms with van der Waals surface area (Å²) in [7, 11) is 0. The van der Waals surface area contributed by atoms with Gasteiger partial charge in [0.15, 0.2) is 0 Å². The van der Waals surface area contributed by atoms with Crippen LogP contribution in [0.2, 0.25) is 0 Å². The summed E-state index contributed by atoms with van der Waals surface area (Å²) in [5.41, 5.74) is 2.88. The fourth-order valence-corrected chi connectivity index (χ4v) is 4.20. The van der Waals surface area contributed by atoms with Crippen LogP contribution in [0, 0.1) is 0 Å². The van der Waals surface area contributed by atoms with Crippen molar-refractivity contribution in [1.82, 2.24) is 5.32 Å². The van der Waals surface area contributed by atoms with Crippen LogP contribution in [0.5, 0.6) is 0 Å². The van der Waals surface area contributed by atoms with Crippen LogP contribution in [-0.4, -0.2) is 6.54 Å². The van der Waals surface area contributed by atoms with Gasteiger partial charge in [-0.15, -0.1) is 11.3 Å². The number of benzene rings is 1. The first-order valence-corrected chi connectivity index (χ1v) is 8.91. The first-order valence-electron chi connectivity index (χ1n) is 7.09. The van der Waals surface area contributed by atoms with Crippen molar-refractivity contribution in [2.45, 2.75) is 25.8 Å². The van der Waals surface area contributed by atoms with E-state index in [1.54, 1.807) is 11.3 Å². The van der Waals surface area contributed by atoms with Crippen LogP contribution in [0.25, 0.3) is 10.1 Å². The van der Waals surface area contributed by atoms with Crippen molar-refractivity contribution < 1.29 is 0 Å². The van der Waals surface area contributed by atoms with Gasteiger partial charge in [0.2, 0.25) is 0 Å². The molecule has 2 aromatic heterocycles. The predicted molar refractivity (Wildman–Crippen MR) is 90.9 cm³/mol. The Bertz CT molecular complexity index is 655. The quantitative estimate of drug-likeness (QED) is 0.656. The lowest BCUT2D eigenvalue weighted by Crippen LogP contribution is -2.23. The van der Waals surface area contributed by atoms with E-state index in [1.807, 2.05) is 11.3 Å². The third kappa shape index (κ3) is 2.95. The molecule has 1 unspecified atom stereocenters. The minimum atomic E-state index is 0.430. The Kier molecular flexibility index (Phi) is 4.51. The maximum Gasteiger partial charge on any atom is 0.0369 e. The molecule has 0 spiro atoms. The van der Waals surface area contributed by atoms with Gasteiger partial charge in [0.05, 0.1) is 0 Å². The van der Waals surface area contributed by atoms with Gasteiger partial charge >= 0.3 is 0 Å². The maximum atomic E-state index is 3.69. The molecule has 3 heteroatoms. The molecule has 0 bridgehead atoms. The van der Waals surface area contributed by atoms with E-state index >= 15 is 0 Å². The van der Waals surface area contributed by atoms with Crippen molar-refractivity contribution in [1.29, 1.82) is 0 Å². The molecule has 2 heterocycles. The molecule has 104 valence electrons. The van der Waals surface area contributed by atoms with Crippen LogP contribution in [0.4, 0.5) is 0 Å². The number of thiophene rings is 2. The molecular formula is C17H19NS2. The number of rotatable bonds is 6. The zero-order valence-electron chi connectivity index (χ0n) is 11.6. The summed E-state index contributed by atoms with van der Waals surface area (Å²) in [5, 5.41) is 11.9. The normalized spacial score (nSPS) is 12.8. The molecule has 0 saturated heterocycles. The van der Waals surface area contributed by atoms with Gasteiger partial charge in [0, 0.05) is 10.7 Å². The summed E-state index contributed by atoms with van der Waals surface area (Å²) < 4.78 is 1.39. The molecule has 0 fully saturated rings. The van der Waals surface area contributed by atoms with Crippen LogP contribution in [0.15, 0.2) is 46.5 Å². The average Bonchev–Trinajstić information content (AvgIpc) is 3.13. The largest absolute Gasteiger partial charge is 0.310 e. The molecule has 0 radical (unpaired) electrons. The second-order valence-electron chi connectivity index (χ2n) is 5.02. The number of hydrogen-bond acceptors (Lipinski definition) is 3. The van der Waals surface area contributed by atoms with E-state index in [0.29, 0.717) is 6.04 Å². The van der Waals surface area contributed by atoms with Crippen molar-refractivity contribution in [3.05, 3.63) is 57.6 Å². The smallest absolute Gasteiger partial charge is 0.0369 e. The minimum Gasteiger partial charge on any atom is -0.310 e. The van der Waals surface area contributed by atoms with E-state index in [2.05, 4.69) is 58.7 Å². The fourth-order valence-electron chi connectivity index (χ4n) is 2.51. The third-order valence-electron chi connectivity index (χ3n) is 3.57. The van der Waals surface area contributed by atoms with Crippen molar-refractivity contribution >= 4 is 32.8 Å². The molecule has 1 atom stereocenters. The molecule has 1 N–H and O–H groups in total. The van der Waals surface area contributed by atoms with Gasteiger partial charge in [0.25, 0.3) is 0 Å². The molecule has 0 amide bonds. The minimum absolute atomic E-state index is 0.430. The summed E-state index contributed by atoms with van der Waals surface area (Å²) in [4.78, 5) is 0. The fraction of sp³-hybridized carbons (Fsp3) is 0.294. The van der Waals surface area contributed by atoms with Gasteiger partial charge in [-0.05, 0) is 64.2 Å². The highest BCUT2D eigenvalue weighted by Gasteiger charge is 2.14. The highest BCUT2D eigenvalue weighted by Crippen LogP contribution is 2.30. The maximum absolute atomic E-state index is 3.69. The van der Waals surface area contributed by atoms with E-state index in [-0.39, 0.29) is 0 Å². The number of fused-ring (bicyclic) bond motifs is 1. The molecule has 1 nitrogen and oxygen atoms in total. The van der Waals surface area contributed by atoms with Gasteiger partial charge in [-0.25, -0.2) is 0 Å². The van der Waals surface area contributed by atoms with Crippen molar-refractivity contribution in [3.63, 3.8) is 0 Å². The molecule has 0 aliphatic heterocycles. The molecule has 1 aromatic carbocycles. The summed E-state index contributed by atoms with van der Waals surface area (Å²) in [5.74, 6) is 0. The molecule has 0 aliphatic rings. The lowest BCUT2D eigenvalue weighted by molar-refractivity contribution is 0.532. The summed E-state index contributed by atoms with van der Waals surface area (Å²) in [6.07, 6.45) is 2.24. The van der Waals surface area contributed by atoms with Gasteiger partial charge in [-0.3, -0.25) is 0 Å². The van der Waals surface area contributed by atoms with Crippen molar-refractivity contribution in [2.24, 2.45) is 0 Å². The van der Waals surface area contributed by atoms with Crippen LogP contribution < -0.4 is 5.32 Å². The monoisotopic (exact) mass is 301 g/mol. The molecule has 0 aliphatic carbocycles. The molecule has 3 rings (SSSR count). The summed E-state index contributed by atoms with van der Waals surface area (Å²) in [6, 6.07) is 11.4. The van der Waals surface area contributed by atoms with E-state index < -0.39 is 0 Å². The van der Waals surface area contributed by atoms with Crippen LogP contribution in [-0.2, 0) is 6.42 Å². The van der Waals surface area contributed by atoms with Gasteiger partial charge < -0.3 is 5.32 Å². The lowest BCUT2D eigenvalue weighted by Gasteiger charge is -2.17. The van der Waals surface area contributed by atoms with Gasteiger partial charge in [-0.1, -0.05) is 25.1 Å². The Hall–Kier alpha value is -1.16. The van der Waals surface area contributed by atoms with E-state index in [0.717, 1.165) is 13.0 Å². The molecule has 3 aromatic rings. The van der Waals surface area contributed by atoms with Crippen LogP contribution in [0.1, 0.15) is 30.5 Å². The highest BCUT2D eigenvalue weighted by molar-refractivity contribution is 7.17.